The first-order valence-corrected chi connectivity index (χ1v) is 12.5. The van der Waals surface area contributed by atoms with Gasteiger partial charge >= 0.3 is 0 Å². The molecule has 3 saturated heterocycles. The SMILES string of the molecule is CC(C)C[C@@H]1NC(=O)[C@H](Cc2ccccc2)NC(=O)[C@H](C)NC(=O)CN2C(=O)[C@H]1[C@H]2c1ccccc1. The van der Waals surface area contributed by atoms with Crippen LogP contribution in [0.2, 0.25) is 0 Å². The van der Waals surface area contributed by atoms with E-state index in [1.807, 2.05) is 74.5 Å². The maximum Gasteiger partial charge on any atom is 0.243 e. The highest BCUT2D eigenvalue weighted by Gasteiger charge is 2.53. The minimum Gasteiger partial charge on any atom is -0.351 e. The van der Waals surface area contributed by atoms with Crippen molar-refractivity contribution in [3.8, 4) is 0 Å². The Hall–Kier alpha value is -3.68. The Morgan fingerprint density at radius 2 is 1.50 bits per heavy atom. The van der Waals surface area contributed by atoms with Crippen LogP contribution in [0, 0.1) is 11.8 Å². The van der Waals surface area contributed by atoms with Gasteiger partial charge in [-0.05, 0) is 30.4 Å². The lowest BCUT2D eigenvalue weighted by atomic mass is 9.75. The molecule has 3 aliphatic rings. The zero-order chi connectivity index (χ0) is 25.8. The third-order valence-corrected chi connectivity index (χ3v) is 6.87. The third-order valence-electron chi connectivity index (χ3n) is 6.87. The quantitative estimate of drug-likeness (QED) is 0.440. The summed E-state index contributed by atoms with van der Waals surface area (Å²) in [6, 6.07) is 16.5. The molecule has 2 bridgehead atoms. The van der Waals surface area contributed by atoms with E-state index in [4.69, 9.17) is 0 Å². The Labute approximate surface area is 211 Å². The summed E-state index contributed by atoms with van der Waals surface area (Å²) < 4.78 is 0. The fraction of sp³-hybridized carbons (Fsp3) is 0.429. The van der Waals surface area contributed by atoms with E-state index in [2.05, 4.69) is 16.0 Å². The molecule has 0 aromatic heterocycles. The van der Waals surface area contributed by atoms with Gasteiger partial charge in [0, 0.05) is 12.5 Å². The number of carbonyl (C=O) groups is 4. The third kappa shape index (κ3) is 5.58. The number of carbonyl (C=O) groups excluding carboxylic acids is 4. The largest absolute Gasteiger partial charge is 0.351 e. The van der Waals surface area contributed by atoms with Gasteiger partial charge in [-0.15, -0.1) is 0 Å². The Balaban J connectivity index is 1.71. The Morgan fingerprint density at radius 3 is 2.14 bits per heavy atom. The lowest BCUT2D eigenvalue weighted by Gasteiger charge is -2.50. The van der Waals surface area contributed by atoms with Crippen molar-refractivity contribution in [1.82, 2.24) is 20.9 Å². The van der Waals surface area contributed by atoms with Crippen LogP contribution in [0.3, 0.4) is 0 Å². The summed E-state index contributed by atoms with van der Waals surface area (Å²) in [5.74, 6) is -1.66. The van der Waals surface area contributed by atoms with Crippen molar-refractivity contribution in [3.63, 3.8) is 0 Å². The van der Waals surface area contributed by atoms with Gasteiger partial charge in [0.15, 0.2) is 0 Å². The van der Waals surface area contributed by atoms with E-state index in [1.54, 1.807) is 11.8 Å². The maximum atomic E-state index is 13.6. The van der Waals surface area contributed by atoms with Crippen molar-refractivity contribution in [2.45, 2.75) is 57.8 Å². The van der Waals surface area contributed by atoms with Crippen molar-refractivity contribution in [2.24, 2.45) is 11.8 Å². The van der Waals surface area contributed by atoms with E-state index in [1.165, 1.54) is 0 Å². The molecule has 5 atom stereocenters. The normalized spacial score (nSPS) is 27.1. The lowest BCUT2D eigenvalue weighted by Crippen LogP contribution is -2.64. The number of nitrogens with one attached hydrogen (secondary N) is 3. The highest BCUT2D eigenvalue weighted by molar-refractivity contribution is 5.96. The van der Waals surface area contributed by atoms with Crippen LogP contribution >= 0.6 is 0 Å². The van der Waals surface area contributed by atoms with Gasteiger partial charge in [-0.2, -0.15) is 0 Å². The molecule has 2 aromatic rings. The molecule has 0 radical (unpaired) electrons. The summed E-state index contributed by atoms with van der Waals surface area (Å²) in [6.45, 7) is 5.51. The number of hydrogen-bond acceptors (Lipinski definition) is 4. The van der Waals surface area contributed by atoms with Crippen LogP contribution in [0.4, 0.5) is 0 Å². The van der Waals surface area contributed by atoms with E-state index < -0.39 is 35.9 Å². The van der Waals surface area contributed by atoms with Gasteiger partial charge in [0.1, 0.15) is 18.6 Å². The second kappa shape index (κ2) is 10.9. The van der Waals surface area contributed by atoms with E-state index in [0.717, 1.165) is 11.1 Å². The molecule has 3 fully saturated rings. The van der Waals surface area contributed by atoms with Gasteiger partial charge in [0.05, 0.1) is 12.0 Å². The minimum atomic E-state index is -0.863. The number of nitrogens with zero attached hydrogens (tertiary/aromatic N) is 1. The molecule has 3 aliphatic heterocycles. The Morgan fingerprint density at radius 1 is 0.861 bits per heavy atom. The maximum absolute atomic E-state index is 13.6. The van der Waals surface area contributed by atoms with Gasteiger partial charge in [-0.3, -0.25) is 19.2 Å². The van der Waals surface area contributed by atoms with Gasteiger partial charge in [-0.25, -0.2) is 0 Å². The molecule has 0 aliphatic carbocycles. The molecule has 8 heteroatoms. The molecule has 3 heterocycles. The predicted molar refractivity (Wildman–Crippen MR) is 135 cm³/mol. The van der Waals surface area contributed by atoms with Crippen LogP contribution in [0.5, 0.6) is 0 Å². The zero-order valence-corrected chi connectivity index (χ0v) is 20.9. The van der Waals surface area contributed by atoms with Crippen LogP contribution in [-0.4, -0.2) is 53.2 Å². The van der Waals surface area contributed by atoms with Crippen molar-refractivity contribution in [3.05, 3.63) is 71.8 Å². The van der Waals surface area contributed by atoms with Gasteiger partial charge < -0.3 is 20.9 Å². The van der Waals surface area contributed by atoms with Crippen LogP contribution in [0.15, 0.2) is 60.7 Å². The highest BCUT2D eigenvalue weighted by atomic mass is 16.2. The molecule has 36 heavy (non-hydrogen) atoms. The van der Waals surface area contributed by atoms with E-state index in [-0.39, 0.29) is 30.3 Å². The Kier molecular flexibility index (Phi) is 7.72. The lowest BCUT2D eigenvalue weighted by molar-refractivity contribution is -0.162. The number of hydrogen-bond donors (Lipinski definition) is 3. The van der Waals surface area contributed by atoms with Crippen molar-refractivity contribution >= 4 is 23.6 Å². The summed E-state index contributed by atoms with van der Waals surface area (Å²) in [7, 11) is 0. The molecule has 8 nitrogen and oxygen atoms in total. The Bertz CT molecular complexity index is 1110. The van der Waals surface area contributed by atoms with Gasteiger partial charge in [-0.1, -0.05) is 74.5 Å². The fourth-order valence-corrected chi connectivity index (χ4v) is 5.13. The van der Waals surface area contributed by atoms with Crippen LogP contribution in [0.25, 0.3) is 0 Å². The van der Waals surface area contributed by atoms with Crippen LogP contribution in [-0.2, 0) is 25.6 Å². The summed E-state index contributed by atoms with van der Waals surface area (Å²) in [4.78, 5) is 54.3. The highest BCUT2D eigenvalue weighted by Crippen LogP contribution is 2.43. The zero-order valence-electron chi connectivity index (χ0n) is 20.9. The second-order valence-corrected chi connectivity index (χ2v) is 10.1. The number of benzene rings is 2. The summed E-state index contributed by atoms with van der Waals surface area (Å²) in [5.41, 5.74) is 1.81. The fourth-order valence-electron chi connectivity index (χ4n) is 5.13. The number of rotatable bonds is 5. The van der Waals surface area contributed by atoms with Gasteiger partial charge in [0.25, 0.3) is 0 Å². The van der Waals surface area contributed by atoms with Gasteiger partial charge in [0.2, 0.25) is 23.6 Å². The molecule has 5 rings (SSSR count). The first kappa shape index (κ1) is 25.4. The molecule has 0 saturated carbocycles. The van der Waals surface area contributed by atoms with E-state index in [9.17, 15) is 19.2 Å². The number of fused-ring (bicyclic) bond motifs is 9. The minimum absolute atomic E-state index is 0.150. The first-order valence-electron chi connectivity index (χ1n) is 12.5. The van der Waals surface area contributed by atoms with E-state index in [0.29, 0.717) is 12.8 Å². The standard InChI is InChI=1S/C28H34N4O4/c1-17(2)14-21-24-25(20-12-8-5-9-13-20)32(28(24)36)16-23(33)29-18(3)26(34)31-22(27(35)30-21)15-19-10-6-4-7-11-19/h4-13,17-18,21-22,24-25H,14-16H2,1-3H3,(H,29,33)(H,30,35)(H,31,34)/t18-,21-,22-,24+,25+/m0/s1. The van der Waals surface area contributed by atoms with Crippen LogP contribution in [0.1, 0.15) is 44.4 Å². The summed E-state index contributed by atoms with van der Waals surface area (Å²) in [6.07, 6.45) is 0.883. The summed E-state index contributed by atoms with van der Waals surface area (Å²) in [5, 5.41) is 8.61. The topological polar surface area (TPSA) is 108 Å². The van der Waals surface area contributed by atoms with E-state index >= 15 is 0 Å². The number of amides is 4. The van der Waals surface area contributed by atoms with Crippen molar-refractivity contribution in [1.29, 1.82) is 0 Å². The average molecular weight is 491 g/mol. The molecular weight excluding hydrogens is 456 g/mol. The molecule has 2 aromatic carbocycles. The molecule has 0 spiro atoms. The molecule has 3 N–H and O–H groups in total. The molecule has 0 unspecified atom stereocenters. The average Bonchev–Trinajstić information content (AvgIpc) is 2.85. The molecule has 4 amide bonds. The smallest absolute Gasteiger partial charge is 0.243 e. The first-order chi connectivity index (χ1) is 17.2. The number of β-lactam (4-membered cyclic amide) rings is 1. The second-order valence-electron chi connectivity index (χ2n) is 10.1. The predicted octanol–water partition coefficient (Wildman–Crippen LogP) is 1.96. The molecular formula is C28H34N4O4. The molecule has 190 valence electrons. The monoisotopic (exact) mass is 490 g/mol. The van der Waals surface area contributed by atoms with Crippen LogP contribution < -0.4 is 16.0 Å². The van der Waals surface area contributed by atoms with Crippen molar-refractivity contribution < 1.29 is 19.2 Å². The van der Waals surface area contributed by atoms with Crippen molar-refractivity contribution in [2.75, 3.05) is 6.54 Å². The summed E-state index contributed by atoms with van der Waals surface area (Å²) >= 11 is 0.